The van der Waals surface area contributed by atoms with E-state index in [0.717, 1.165) is 4.88 Å². The second-order valence-electron chi connectivity index (χ2n) is 5.83. The number of amides is 1. The number of anilines is 1. The lowest BCUT2D eigenvalue weighted by atomic mass is 9.99. The fourth-order valence-electron chi connectivity index (χ4n) is 3.05. The Bertz CT molecular complexity index is 940. The molecule has 0 fully saturated rings. The van der Waals surface area contributed by atoms with Crippen LogP contribution >= 0.6 is 34.5 Å². The summed E-state index contributed by atoms with van der Waals surface area (Å²) in [5.74, 6) is -2.04. The van der Waals surface area contributed by atoms with Crippen LogP contribution in [0, 0.1) is 0 Å². The van der Waals surface area contributed by atoms with Gasteiger partial charge in [-0.05, 0) is 36.6 Å². The summed E-state index contributed by atoms with van der Waals surface area (Å²) in [6.07, 6.45) is 1.17. The molecule has 2 aromatic rings. The largest absolute Gasteiger partial charge is 0.469 e. The third kappa shape index (κ3) is 3.67. The molecule has 0 bridgehead atoms. The van der Waals surface area contributed by atoms with E-state index in [1.165, 1.54) is 43.8 Å². The van der Waals surface area contributed by atoms with Gasteiger partial charge in [-0.15, -0.1) is 11.3 Å². The van der Waals surface area contributed by atoms with Crippen LogP contribution in [0.4, 0.5) is 5.00 Å². The lowest BCUT2D eigenvalue weighted by Crippen LogP contribution is -2.17. The van der Waals surface area contributed by atoms with Gasteiger partial charge in [0.05, 0.1) is 35.7 Å². The van der Waals surface area contributed by atoms with Crippen molar-refractivity contribution in [2.75, 3.05) is 19.5 Å². The Kier molecular flexibility index (Phi) is 5.74. The first-order chi connectivity index (χ1) is 12.9. The SMILES string of the molecule is COC(=O)c1c(NC(=O)c2ccc(Cl)c(Cl)c2)sc2c1C(C(=O)OC)CC2. The third-order valence-electron chi connectivity index (χ3n) is 4.31. The fraction of sp³-hybridized carbons (Fsp3) is 0.278. The number of carbonyl (C=O) groups excluding carboxylic acids is 3. The molecular formula is C18H15Cl2NO5S. The summed E-state index contributed by atoms with van der Waals surface area (Å²) in [6, 6.07) is 4.48. The average Bonchev–Trinajstić information content (AvgIpc) is 3.21. The van der Waals surface area contributed by atoms with Crippen molar-refractivity contribution in [3.63, 3.8) is 0 Å². The Morgan fingerprint density at radius 2 is 1.89 bits per heavy atom. The smallest absolute Gasteiger partial charge is 0.341 e. The highest BCUT2D eigenvalue weighted by atomic mass is 35.5. The van der Waals surface area contributed by atoms with E-state index in [1.807, 2.05) is 0 Å². The van der Waals surface area contributed by atoms with Crippen LogP contribution < -0.4 is 5.32 Å². The Morgan fingerprint density at radius 3 is 2.52 bits per heavy atom. The number of hydrogen-bond donors (Lipinski definition) is 1. The van der Waals surface area contributed by atoms with Crippen LogP contribution in [0.3, 0.4) is 0 Å². The molecule has 1 N–H and O–H groups in total. The number of carbonyl (C=O) groups is 3. The van der Waals surface area contributed by atoms with Crippen molar-refractivity contribution < 1.29 is 23.9 Å². The van der Waals surface area contributed by atoms with Crippen LogP contribution in [0.2, 0.25) is 10.0 Å². The molecule has 1 aliphatic carbocycles. The molecule has 0 radical (unpaired) electrons. The standard InChI is InChI=1S/C18H15Cl2NO5S/c1-25-17(23)9-4-6-12-13(9)14(18(24)26-2)16(27-12)21-15(22)8-3-5-10(19)11(20)7-8/h3,5,7,9H,4,6H2,1-2H3,(H,21,22). The van der Waals surface area contributed by atoms with Crippen molar-refractivity contribution in [1.29, 1.82) is 0 Å². The van der Waals surface area contributed by atoms with Gasteiger partial charge in [-0.2, -0.15) is 0 Å². The van der Waals surface area contributed by atoms with Gasteiger partial charge in [0.15, 0.2) is 0 Å². The summed E-state index contributed by atoms with van der Waals surface area (Å²) in [7, 11) is 2.55. The minimum Gasteiger partial charge on any atom is -0.469 e. The van der Waals surface area contributed by atoms with Crippen LogP contribution in [0.1, 0.15) is 43.5 Å². The Labute approximate surface area is 169 Å². The number of aryl methyl sites for hydroxylation is 1. The molecule has 1 aromatic carbocycles. The number of nitrogens with one attached hydrogen (secondary N) is 1. The Balaban J connectivity index is 1.98. The molecule has 1 amide bonds. The first kappa shape index (κ1) is 19.7. The highest BCUT2D eigenvalue weighted by molar-refractivity contribution is 7.17. The quantitative estimate of drug-likeness (QED) is 0.735. The number of fused-ring (bicyclic) bond motifs is 1. The van der Waals surface area contributed by atoms with Crippen LogP contribution in [-0.2, 0) is 20.7 Å². The third-order valence-corrected chi connectivity index (χ3v) is 6.23. The summed E-state index contributed by atoms with van der Waals surface area (Å²) in [5.41, 5.74) is 1.06. The van der Waals surface area contributed by atoms with Crippen LogP contribution in [0.25, 0.3) is 0 Å². The molecule has 1 unspecified atom stereocenters. The topological polar surface area (TPSA) is 81.7 Å². The molecule has 0 aliphatic heterocycles. The van der Waals surface area contributed by atoms with Gasteiger partial charge in [-0.1, -0.05) is 23.2 Å². The second-order valence-corrected chi connectivity index (χ2v) is 7.75. The molecule has 0 spiro atoms. The second kappa shape index (κ2) is 7.88. The van der Waals surface area contributed by atoms with Gasteiger partial charge in [0.25, 0.3) is 5.91 Å². The van der Waals surface area contributed by atoms with Gasteiger partial charge in [-0.25, -0.2) is 4.79 Å². The number of thiophene rings is 1. The highest BCUT2D eigenvalue weighted by Crippen LogP contribution is 2.46. The van der Waals surface area contributed by atoms with Crippen LogP contribution in [-0.4, -0.2) is 32.1 Å². The van der Waals surface area contributed by atoms with Gasteiger partial charge in [-0.3, -0.25) is 9.59 Å². The predicted octanol–water partition coefficient (Wildman–Crippen LogP) is 4.30. The normalized spacial score (nSPS) is 15.2. The van der Waals surface area contributed by atoms with E-state index < -0.39 is 23.8 Å². The molecule has 142 valence electrons. The summed E-state index contributed by atoms with van der Waals surface area (Å²) < 4.78 is 9.71. The van der Waals surface area contributed by atoms with E-state index in [1.54, 1.807) is 0 Å². The molecule has 9 heteroatoms. The van der Waals surface area contributed by atoms with Gasteiger partial charge >= 0.3 is 11.9 Å². The van der Waals surface area contributed by atoms with E-state index in [9.17, 15) is 14.4 Å². The van der Waals surface area contributed by atoms with Crippen molar-refractivity contribution in [1.82, 2.24) is 0 Å². The number of rotatable bonds is 4. The maximum absolute atomic E-state index is 12.6. The molecular weight excluding hydrogens is 413 g/mol. The number of halogens is 2. The molecule has 27 heavy (non-hydrogen) atoms. The van der Waals surface area contributed by atoms with Crippen molar-refractivity contribution in [2.45, 2.75) is 18.8 Å². The summed E-state index contributed by atoms with van der Waals surface area (Å²) in [5, 5.41) is 3.63. The lowest BCUT2D eigenvalue weighted by molar-refractivity contribution is -0.142. The minimum absolute atomic E-state index is 0.193. The van der Waals surface area contributed by atoms with Crippen molar-refractivity contribution in [3.05, 3.63) is 49.8 Å². The maximum Gasteiger partial charge on any atom is 0.341 e. The molecule has 3 rings (SSSR count). The number of hydrogen-bond acceptors (Lipinski definition) is 6. The van der Waals surface area contributed by atoms with Crippen molar-refractivity contribution in [2.24, 2.45) is 0 Å². The predicted molar refractivity (Wildman–Crippen MR) is 103 cm³/mol. The summed E-state index contributed by atoms with van der Waals surface area (Å²) >= 11 is 13.1. The minimum atomic E-state index is -0.618. The summed E-state index contributed by atoms with van der Waals surface area (Å²) in [4.78, 5) is 37.9. The molecule has 1 aromatic heterocycles. The van der Waals surface area contributed by atoms with Gasteiger partial charge in [0.1, 0.15) is 5.00 Å². The number of esters is 2. The van der Waals surface area contributed by atoms with Crippen molar-refractivity contribution >= 4 is 57.4 Å². The highest BCUT2D eigenvalue weighted by Gasteiger charge is 2.38. The molecule has 0 saturated heterocycles. The van der Waals surface area contributed by atoms with E-state index in [4.69, 9.17) is 32.7 Å². The van der Waals surface area contributed by atoms with E-state index in [-0.39, 0.29) is 10.6 Å². The fourth-order valence-corrected chi connectivity index (χ4v) is 4.61. The summed E-state index contributed by atoms with van der Waals surface area (Å²) in [6.45, 7) is 0. The molecule has 6 nitrogen and oxygen atoms in total. The molecule has 1 heterocycles. The number of methoxy groups -OCH3 is 2. The average molecular weight is 428 g/mol. The lowest BCUT2D eigenvalue weighted by Gasteiger charge is -2.12. The molecule has 1 aliphatic rings. The van der Waals surface area contributed by atoms with Gasteiger partial charge in [0.2, 0.25) is 0 Å². The van der Waals surface area contributed by atoms with E-state index in [0.29, 0.717) is 34.0 Å². The van der Waals surface area contributed by atoms with E-state index >= 15 is 0 Å². The van der Waals surface area contributed by atoms with Crippen molar-refractivity contribution in [3.8, 4) is 0 Å². The first-order valence-electron chi connectivity index (χ1n) is 7.95. The maximum atomic E-state index is 12.6. The van der Waals surface area contributed by atoms with Gasteiger partial charge in [0, 0.05) is 10.4 Å². The van der Waals surface area contributed by atoms with Crippen LogP contribution in [0.15, 0.2) is 18.2 Å². The first-order valence-corrected chi connectivity index (χ1v) is 9.52. The Hall–Kier alpha value is -2.09. The zero-order valence-electron chi connectivity index (χ0n) is 14.4. The van der Waals surface area contributed by atoms with Crippen LogP contribution in [0.5, 0.6) is 0 Å². The number of benzene rings is 1. The number of ether oxygens (including phenoxy) is 2. The van der Waals surface area contributed by atoms with E-state index in [2.05, 4.69) is 5.32 Å². The molecule has 1 atom stereocenters. The Morgan fingerprint density at radius 1 is 1.15 bits per heavy atom. The monoisotopic (exact) mass is 427 g/mol. The van der Waals surface area contributed by atoms with Gasteiger partial charge < -0.3 is 14.8 Å². The molecule has 0 saturated carbocycles. The zero-order chi connectivity index (χ0) is 19.7. The zero-order valence-corrected chi connectivity index (χ0v) is 16.8.